The molecule has 0 aromatic carbocycles. The molecule has 0 spiro atoms. The van der Waals surface area contributed by atoms with Crippen LogP contribution in [-0.4, -0.2) is 34.8 Å². The molecule has 0 aliphatic carbocycles. The Hall–Kier alpha value is -3.55. The fourth-order valence-electron chi connectivity index (χ4n) is 4.26. The molecular formula is C26H28N6O. The lowest BCUT2D eigenvalue weighted by Crippen LogP contribution is -2.25. The molecule has 0 radical (unpaired) electrons. The molecule has 0 aromatic heterocycles. The largest absolute Gasteiger partial charge is 0.510 e. The number of nitrogens with zero attached hydrogens (tertiary/aromatic N) is 3. The number of fused-ring (bicyclic) bond motifs is 5. The van der Waals surface area contributed by atoms with E-state index in [1.165, 1.54) is 0 Å². The topological polar surface area (TPSA) is 121 Å². The molecule has 0 amide bonds. The zero-order valence-electron chi connectivity index (χ0n) is 18.5. The quantitative estimate of drug-likeness (QED) is 0.386. The molecule has 7 nitrogen and oxygen atoms in total. The van der Waals surface area contributed by atoms with Gasteiger partial charge in [0.05, 0.1) is 40.3 Å². The maximum atomic E-state index is 11.0. The fraction of sp³-hybridized carbons (Fsp3) is 0.269. The van der Waals surface area contributed by atoms with E-state index in [9.17, 15) is 5.11 Å². The molecule has 33 heavy (non-hydrogen) atoms. The number of nitrogens with one attached hydrogen (secondary N) is 1. The average molecular weight is 441 g/mol. The lowest BCUT2D eigenvalue weighted by Gasteiger charge is -2.13. The maximum Gasteiger partial charge on any atom is 0.118 e. The van der Waals surface area contributed by atoms with Gasteiger partial charge in [-0.2, -0.15) is 0 Å². The summed E-state index contributed by atoms with van der Waals surface area (Å²) in [5.74, 6) is 0.153. The van der Waals surface area contributed by atoms with Crippen LogP contribution in [0.25, 0.3) is 0 Å². The summed E-state index contributed by atoms with van der Waals surface area (Å²) in [6, 6.07) is -0.462. The Labute approximate surface area is 193 Å². The van der Waals surface area contributed by atoms with Crippen molar-refractivity contribution in [3.05, 3.63) is 94.5 Å². The summed E-state index contributed by atoms with van der Waals surface area (Å²) >= 11 is 0. The predicted molar refractivity (Wildman–Crippen MR) is 134 cm³/mol. The standard InChI is InChI=1S/C26H28N6O/c27-10-2-1-3-24(28)26(33)23-14-22-13-20-7-6-18(30-20)11-16-4-5-17(29-16)12-19-8-9-21(31-19)15-25(23)32-22/h4-5,8-9,11-15,24,30,33H,1-3,6-7,10,27-28H2. The normalized spacial score (nSPS) is 23.1. The van der Waals surface area contributed by atoms with E-state index in [-0.39, 0.29) is 5.76 Å². The number of rotatable bonds is 5. The van der Waals surface area contributed by atoms with Gasteiger partial charge < -0.3 is 21.9 Å². The predicted octanol–water partition coefficient (Wildman–Crippen LogP) is 3.55. The van der Waals surface area contributed by atoms with E-state index in [0.29, 0.717) is 24.3 Å². The summed E-state index contributed by atoms with van der Waals surface area (Å²) in [6.07, 6.45) is 22.0. The number of hydrogen-bond donors (Lipinski definition) is 4. The van der Waals surface area contributed by atoms with Crippen molar-refractivity contribution in [3.8, 4) is 0 Å². The lowest BCUT2D eigenvalue weighted by molar-refractivity contribution is 0.353. The Bertz CT molecular complexity index is 1210. The molecule has 5 rings (SSSR count). The molecule has 7 heteroatoms. The van der Waals surface area contributed by atoms with Crippen molar-refractivity contribution in [1.29, 1.82) is 0 Å². The molecule has 1 atom stereocenters. The maximum absolute atomic E-state index is 11.0. The van der Waals surface area contributed by atoms with Gasteiger partial charge in [0, 0.05) is 17.0 Å². The third-order valence-corrected chi connectivity index (χ3v) is 5.99. The number of aliphatic hydroxyl groups excluding tert-OH is 1. The number of hydrogen-bond acceptors (Lipinski definition) is 7. The first-order chi connectivity index (χ1) is 16.1. The van der Waals surface area contributed by atoms with Crippen molar-refractivity contribution in [2.75, 3.05) is 6.54 Å². The second-order valence-corrected chi connectivity index (χ2v) is 8.60. The van der Waals surface area contributed by atoms with Crippen LogP contribution in [0.15, 0.2) is 109 Å². The van der Waals surface area contributed by atoms with E-state index >= 15 is 0 Å². The van der Waals surface area contributed by atoms with Crippen LogP contribution in [0, 0.1) is 0 Å². The van der Waals surface area contributed by atoms with Crippen LogP contribution < -0.4 is 16.8 Å². The third kappa shape index (κ3) is 4.79. The van der Waals surface area contributed by atoms with Gasteiger partial charge in [0.15, 0.2) is 0 Å². The second-order valence-electron chi connectivity index (χ2n) is 8.60. The second kappa shape index (κ2) is 9.13. The van der Waals surface area contributed by atoms with Crippen LogP contribution in [0.3, 0.4) is 0 Å². The van der Waals surface area contributed by atoms with Gasteiger partial charge in [-0.05, 0) is 86.9 Å². The smallest absolute Gasteiger partial charge is 0.118 e. The highest BCUT2D eigenvalue weighted by Crippen LogP contribution is 2.28. The van der Waals surface area contributed by atoms with Crippen LogP contribution in [0.4, 0.5) is 0 Å². The molecule has 1 unspecified atom stereocenters. The van der Waals surface area contributed by atoms with Crippen molar-refractivity contribution >= 4 is 17.1 Å². The fourth-order valence-corrected chi connectivity index (χ4v) is 4.26. The van der Waals surface area contributed by atoms with E-state index in [1.807, 2.05) is 48.6 Å². The zero-order valence-corrected chi connectivity index (χ0v) is 18.5. The Kier molecular flexibility index (Phi) is 5.90. The minimum atomic E-state index is -0.462. The van der Waals surface area contributed by atoms with Gasteiger partial charge in [0.1, 0.15) is 5.76 Å². The molecule has 0 saturated carbocycles. The molecule has 5 aliphatic rings. The number of allylic oxidation sites excluding steroid dienone is 12. The molecular weight excluding hydrogens is 412 g/mol. The van der Waals surface area contributed by atoms with E-state index in [4.69, 9.17) is 16.5 Å². The zero-order chi connectivity index (χ0) is 22.8. The molecule has 1 saturated heterocycles. The summed E-state index contributed by atoms with van der Waals surface area (Å²) in [6.45, 7) is 0.620. The Morgan fingerprint density at radius 2 is 1.55 bits per heavy atom. The third-order valence-electron chi connectivity index (χ3n) is 5.99. The summed E-state index contributed by atoms with van der Waals surface area (Å²) in [4.78, 5) is 14.2. The number of unbranched alkanes of at least 4 members (excludes halogenated alkanes) is 1. The molecule has 6 N–H and O–H groups in total. The van der Waals surface area contributed by atoms with Gasteiger partial charge >= 0.3 is 0 Å². The first-order valence-corrected chi connectivity index (χ1v) is 11.4. The lowest BCUT2D eigenvalue weighted by atomic mass is 10.0. The van der Waals surface area contributed by atoms with E-state index in [1.54, 1.807) is 0 Å². The van der Waals surface area contributed by atoms with E-state index < -0.39 is 6.04 Å². The highest BCUT2D eigenvalue weighted by molar-refractivity contribution is 6.15. The number of aliphatic hydroxyl groups is 1. The van der Waals surface area contributed by atoms with Gasteiger partial charge in [0.25, 0.3) is 0 Å². The summed E-state index contributed by atoms with van der Waals surface area (Å²) in [5, 5.41) is 14.5. The minimum Gasteiger partial charge on any atom is -0.510 e. The number of aliphatic imine (C=N–C) groups is 3. The molecule has 1 fully saturated rings. The Morgan fingerprint density at radius 1 is 0.848 bits per heavy atom. The van der Waals surface area contributed by atoms with Gasteiger partial charge in [-0.15, -0.1) is 0 Å². The highest BCUT2D eigenvalue weighted by Gasteiger charge is 2.22. The van der Waals surface area contributed by atoms with Gasteiger partial charge in [-0.3, -0.25) is 0 Å². The molecule has 168 valence electrons. The van der Waals surface area contributed by atoms with Crippen LogP contribution in [0.2, 0.25) is 0 Å². The summed E-state index contributed by atoms with van der Waals surface area (Å²) in [5.41, 5.74) is 19.6. The molecule has 0 aromatic rings. The minimum absolute atomic E-state index is 0.153. The van der Waals surface area contributed by atoms with Crippen molar-refractivity contribution in [2.45, 2.75) is 38.1 Å². The molecule has 8 bridgehead atoms. The molecule has 5 aliphatic heterocycles. The number of nitrogens with two attached hydrogens (primary N) is 2. The van der Waals surface area contributed by atoms with Crippen LogP contribution >= 0.6 is 0 Å². The summed E-state index contributed by atoms with van der Waals surface area (Å²) in [7, 11) is 0. The monoisotopic (exact) mass is 440 g/mol. The first kappa shape index (κ1) is 21.3. The van der Waals surface area contributed by atoms with Gasteiger partial charge in [0.2, 0.25) is 0 Å². The van der Waals surface area contributed by atoms with Crippen molar-refractivity contribution in [3.63, 3.8) is 0 Å². The Balaban J connectivity index is 1.55. The Morgan fingerprint density at radius 3 is 2.30 bits per heavy atom. The van der Waals surface area contributed by atoms with Crippen molar-refractivity contribution < 1.29 is 5.11 Å². The van der Waals surface area contributed by atoms with E-state index in [2.05, 4.69) is 21.4 Å². The van der Waals surface area contributed by atoms with Crippen LogP contribution in [0.1, 0.15) is 32.1 Å². The average Bonchev–Trinajstić information content (AvgIpc) is 3.58. The SMILES string of the molecule is NCCCCC(N)C(O)=C1C=C2C=C3CCC(=CC4=NC(=CC5=NC(=CC1=N2)C=C5)C=C4)N3. The first-order valence-electron chi connectivity index (χ1n) is 11.4. The summed E-state index contributed by atoms with van der Waals surface area (Å²) < 4.78 is 0. The highest BCUT2D eigenvalue weighted by atomic mass is 16.3. The van der Waals surface area contributed by atoms with Crippen LogP contribution in [-0.2, 0) is 0 Å². The van der Waals surface area contributed by atoms with Gasteiger partial charge in [-0.1, -0.05) is 6.42 Å². The van der Waals surface area contributed by atoms with Crippen LogP contribution in [0.5, 0.6) is 0 Å². The van der Waals surface area contributed by atoms with E-state index in [0.717, 1.165) is 65.6 Å². The van der Waals surface area contributed by atoms with Gasteiger partial charge in [-0.25, -0.2) is 15.0 Å². The molecule has 5 heterocycles. The van der Waals surface area contributed by atoms with Crippen molar-refractivity contribution in [1.82, 2.24) is 5.32 Å². The van der Waals surface area contributed by atoms with Crippen molar-refractivity contribution in [2.24, 2.45) is 26.4 Å².